The summed E-state index contributed by atoms with van der Waals surface area (Å²) >= 11 is 0. The monoisotopic (exact) mass is 381 g/mol. The van der Waals surface area contributed by atoms with Crippen molar-refractivity contribution in [1.29, 1.82) is 0 Å². The molecule has 2 atom stereocenters. The summed E-state index contributed by atoms with van der Waals surface area (Å²) in [5, 5.41) is 0. The molecule has 2 aromatic rings. The van der Waals surface area contributed by atoms with Gasteiger partial charge in [0, 0.05) is 6.20 Å². The predicted molar refractivity (Wildman–Crippen MR) is 106 cm³/mol. The molecule has 1 amide bonds. The molecule has 6 nitrogen and oxygen atoms in total. The summed E-state index contributed by atoms with van der Waals surface area (Å²) in [5.74, 6) is 0. The maximum atomic E-state index is 13.2. The van der Waals surface area contributed by atoms with Gasteiger partial charge in [-0.1, -0.05) is 12.1 Å². The predicted octanol–water partition coefficient (Wildman–Crippen LogP) is 4.80. The van der Waals surface area contributed by atoms with Crippen molar-refractivity contribution in [1.82, 2.24) is 14.9 Å². The normalized spacial score (nSPS) is 19.9. The summed E-state index contributed by atoms with van der Waals surface area (Å²) in [6, 6.07) is 8.76. The van der Waals surface area contributed by atoms with Gasteiger partial charge in [0.15, 0.2) is 6.29 Å². The Morgan fingerprint density at radius 1 is 1.18 bits per heavy atom. The fourth-order valence-electron chi connectivity index (χ4n) is 3.69. The van der Waals surface area contributed by atoms with Crippen LogP contribution in [0.2, 0.25) is 0 Å². The van der Waals surface area contributed by atoms with Gasteiger partial charge in [-0.15, -0.1) is 0 Å². The molecular formula is C22H27N3O3. The van der Waals surface area contributed by atoms with E-state index in [4.69, 9.17) is 4.74 Å². The number of carbonyl (C=O) groups excluding carboxylic acids is 2. The standard InChI is InChI=1S/C22H27N3O3/c1-15-8-7-13-23-20(15)19-12-6-11-18(17-10-5-9-16(14-26)24-17)25(19)21(27)28-22(2,3)4/h5,7-10,13-14,18-19H,6,11-12H2,1-4H3/t18-,19+/m1/s1. The molecule has 1 fully saturated rings. The lowest BCUT2D eigenvalue weighted by molar-refractivity contribution is -0.00803. The summed E-state index contributed by atoms with van der Waals surface area (Å²) in [5.41, 5.74) is 2.37. The highest BCUT2D eigenvalue weighted by molar-refractivity contribution is 5.72. The number of carbonyl (C=O) groups is 2. The number of rotatable bonds is 3. The smallest absolute Gasteiger partial charge is 0.411 e. The van der Waals surface area contributed by atoms with Crippen LogP contribution in [-0.4, -0.2) is 32.8 Å². The van der Waals surface area contributed by atoms with Gasteiger partial charge in [-0.3, -0.25) is 14.7 Å². The molecule has 6 heteroatoms. The highest BCUT2D eigenvalue weighted by atomic mass is 16.6. The van der Waals surface area contributed by atoms with Crippen molar-refractivity contribution >= 4 is 12.4 Å². The Kier molecular flexibility index (Phi) is 5.77. The van der Waals surface area contributed by atoms with E-state index in [0.717, 1.165) is 36.8 Å². The Morgan fingerprint density at radius 3 is 2.61 bits per heavy atom. The number of piperidine rings is 1. The SMILES string of the molecule is Cc1cccnc1[C@@H]1CCC[C@H](c2cccc(C=O)n2)N1C(=O)OC(C)(C)C. The Hall–Kier alpha value is -2.76. The molecule has 28 heavy (non-hydrogen) atoms. The zero-order chi connectivity index (χ0) is 20.3. The fraction of sp³-hybridized carbons (Fsp3) is 0.455. The highest BCUT2D eigenvalue weighted by Gasteiger charge is 2.40. The van der Waals surface area contributed by atoms with Gasteiger partial charge in [0.1, 0.15) is 11.3 Å². The number of hydrogen-bond donors (Lipinski definition) is 0. The number of aromatic nitrogens is 2. The number of ether oxygens (including phenoxy) is 1. The third kappa shape index (κ3) is 4.38. The second-order valence-electron chi connectivity index (χ2n) is 8.16. The lowest BCUT2D eigenvalue weighted by Crippen LogP contribution is -2.44. The summed E-state index contributed by atoms with van der Waals surface area (Å²) in [4.78, 5) is 35.2. The van der Waals surface area contributed by atoms with Crippen molar-refractivity contribution in [3.8, 4) is 0 Å². The zero-order valence-electron chi connectivity index (χ0n) is 16.9. The third-order valence-electron chi connectivity index (χ3n) is 4.85. The molecule has 148 valence electrons. The number of pyridine rings is 2. The van der Waals surface area contributed by atoms with E-state index in [-0.39, 0.29) is 18.2 Å². The summed E-state index contributed by atoms with van der Waals surface area (Å²) in [6.45, 7) is 7.58. The van der Waals surface area contributed by atoms with Gasteiger partial charge in [-0.2, -0.15) is 0 Å². The minimum atomic E-state index is -0.610. The van der Waals surface area contributed by atoms with Crippen LogP contribution in [0.5, 0.6) is 0 Å². The average molecular weight is 381 g/mol. The molecule has 2 aromatic heterocycles. The van der Waals surface area contributed by atoms with Crippen molar-refractivity contribution in [2.45, 2.75) is 64.6 Å². The molecule has 0 bridgehead atoms. The van der Waals surface area contributed by atoms with Gasteiger partial charge < -0.3 is 4.74 Å². The summed E-state index contributed by atoms with van der Waals surface area (Å²) in [6.07, 6.45) is 4.59. The maximum absolute atomic E-state index is 13.2. The van der Waals surface area contributed by atoms with E-state index in [0.29, 0.717) is 11.4 Å². The Morgan fingerprint density at radius 2 is 1.93 bits per heavy atom. The first-order valence-corrected chi connectivity index (χ1v) is 9.65. The first-order valence-electron chi connectivity index (χ1n) is 9.65. The van der Waals surface area contributed by atoms with Crippen molar-refractivity contribution < 1.29 is 14.3 Å². The van der Waals surface area contributed by atoms with E-state index >= 15 is 0 Å². The van der Waals surface area contributed by atoms with Gasteiger partial charge in [0.2, 0.25) is 0 Å². The Balaban J connectivity index is 2.05. The number of amides is 1. The van der Waals surface area contributed by atoms with Gasteiger partial charge in [0.05, 0.1) is 23.5 Å². The fourth-order valence-corrected chi connectivity index (χ4v) is 3.69. The minimum Gasteiger partial charge on any atom is -0.444 e. The molecule has 0 radical (unpaired) electrons. The first kappa shape index (κ1) is 20.0. The lowest BCUT2D eigenvalue weighted by Gasteiger charge is -2.42. The second kappa shape index (κ2) is 8.09. The molecule has 0 aliphatic carbocycles. The van der Waals surface area contributed by atoms with Crippen molar-refractivity contribution in [3.63, 3.8) is 0 Å². The first-order chi connectivity index (χ1) is 13.3. The minimum absolute atomic E-state index is 0.198. The van der Waals surface area contributed by atoms with Crippen LogP contribution in [0.25, 0.3) is 0 Å². The molecule has 1 aliphatic heterocycles. The number of hydrogen-bond acceptors (Lipinski definition) is 5. The van der Waals surface area contributed by atoms with Crippen LogP contribution in [-0.2, 0) is 4.74 Å². The van der Waals surface area contributed by atoms with E-state index in [1.807, 2.05) is 45.9 Å². The van der Waals surface area contributed by atoms with E-state index in [2.05, 4.69) is 9.97 Å². The largest absolute Gasteiger partial charge is 0.444 e. The quantitative estimate of drug-likeness (QED) is 0.714. The van der Waals surface area contributed by atoms with Gasteiger partial charge in [0.25, 0.3) is 0 Å². The third-order valence-corrected chi connectivity index (χ3v) is 4.85. The molecule has 0 N–H and O–H groups in total. The van der Waals surface area contributed by atoms with Crippen molar-refractivity contribution in [2.75, 3.05) is 0 Å². The van der Waals surface area contributed by atoms with Crippen LogP contribution >= 0.6 is 0 Å². The number of likely N-dealkylation sites (tertiary alicyclic amines) is 1. The van der Waals surface area contributed by atoms with Crippen molar-refractivity contribution in [3.05, 3.63) is 59.2 Å². The Bertz CT molecular complexity index is 860. The molecule has 0 aromatic carbocycles. The van der Waals surface area contributed by atoms with Crippen LogP contribution < -0.4 is 0 Å². The number of aldehydes is 1. The van der Waals surface area contributed by atoms with E-state index in [9.17, 15) is 9.59 Å². The molecule has 3 heterocycles. The zero-order valence-corrected chi connectivity index (χ0v) is 16.9. The van der Waals surface area contributed by atoms with Crippen LogP contribution in [0.3, 0.4) is 0 Å². The molecule has 1 saturated heterocycles. The molecule has 3 rings (SSSR count). The number of aryl methyl sites for hydroxylation is 1. The molecule has 0 spiro atoms. The van der Waals surface area contributed by atoms with Crippen LogP contribution in [0, 0.1) is 6.92 Å². The molecule has 1 aliphatic rings. The summed E-state index contributed by atoms with van der Waals surface area (Å²) in [7, 11) is 0. The van der Waals surface area contributed by atoms with E-state index < -0.39 is 5.60 Å². The van der Waals surface area contributed by atoms with Gasteiger partial charge >= 0.3 is 6.09 Å². The van der Waals surface area contributed by atoms with Crippen LogP contribution in [0.1, 0.15) is 79.6 Å². The van der Waals surface area contributed by atoms with E-state index in [1.54, 1.807) is 23.2 Å². The average Bonchev–Trinajstić information content (AvgIpc) is 2.66. The number of nitrogens with zero attached hydrogens (tertiary/aromatic N) is 3. The van der Waals surface area contributed by atoms with Gasteiger partial charge in [-0.05, 0) is 70.7 Å². The van der Waals surface area contributed by atoms with Crippen LogP contribution in [0.4, 0.5) is 4.79 Å². The van der Waals surface area contributed by atoms with Gasteiger partial charge in [-0.25, -0.2) is 9.78 Å². The molecule has 0 saturated carbocycles. The lowest BCUT2D eigenvalue weighted by atomic mass is 9.90. The highest BCUT2D eigenvalue weighted by Crippen LogP contribution is 2.42. The summed E-state index contributed by atoms with van der Waals surface area (Å²) < 4.78 is 5.74. The molecular weight excluding hydrogens is 354 g/mol. The van der Waals surface area contributed by atoms with Crippen LogP contribution in [0.15, 0.2) is 36.5 Å². The Labute approximate surface area is 165 Å². The second-order valence-corrected chi connectivity index (χ2v) is 8.16. The molecule has 0 unspecified atom stereocenters. The topological polar surface area (TPSA) is 72.4 Å². The van der Waals surface area contributed by atoms with Crippen molar-refractivity contribution in [2.24, 2.45) is 0 Å². The maximum Gasteiger partial charge on any atom is 0.411 e. The van der Waals surface area contributed by atoms with E-state index in [1.165, 1.54) is 0 Å².